The van der Waals surface area contributed by atoms with Crippen molar-refractivity contribution in [2.75, 3.05) is 25.5 Å². The largest absolute Gasteiger partial charge is 0.468 e. The number of hydrogen-bond acceptors (Lipinski definition) is 4. The SMILES string of the molecule is COC(=O)C(C)(C)c1ccc(NC(=O)CCC2CCNC2)cc1.Cl. The molecule has 2 N–H and O–H groups in total. The highest BCUT2D eigenvalue weighted by Gasteiger charge is 2.30. The fourth-order valence-electron chi connectivity index (χ4n) is 2.86. The summed E-state index contributed by atoms with van der Waals surface area (Å²) in [4.78, 5) is 23.8. The van der Waals surface area contributed by atoms with Crippen LogP contribution in [0.1, 0.15) is 38.7 Å². The van der Waals surface area contributed by atoms with Crippen LogP contribution in [0.15, 0.2) is 24.3 Å². The summed E-state index contributed by atoms with van der Waals surface area (Å²) in [6.45, 7) is 5.72. The Morgan fingerprint density at radius 2 is 1.96 bits per heavy atom. The molecule has 1 atom stereocenters. The summed E-state index contributed by atoms with van der Waals surface area (Å²) in [6, 6.07) is 7.37. The first kappa shape index (κ1) is 20.5. The van der Waals surface area contributed by atoms with Gasteiger partial charge in [0.05, 0.1) is 12.5 Å². The first-order valence-corrected chi connectivity index (χ1v) is 8.13. The van der Waals surface area contributed by atoms with Crippen LogP contribution in [0.3, 0.4) is 0 Å². The third-order valence-electron chi connectivity index (χ3n) is 4.53. The lowest BCUT2D eigenvalue weighted by molar-refractivity contribution is -0.146. The van der Waals surface area contributed by atoms with E-state index in [2.05, 4.69) is 10.6 Å². The Labute approximate surface area is 149 Å². The molecule has 5 nitrogen and oxygen atoms in total. The molecule has 0 aromatic heterocycles. The van der Waals surface area contributed by atoms with Gasteiger partial charge in [0.1, 0.15) is 0 Å². The molecule has 0 saturated carbocycles. The number of benzene rings is 1. The number of anilines is 1. The Morgan fingerprint density at radius 3 is 2.50 bits per heavy atom. The predicted octanol–water partition coefficient (Wildman–Crippen LogP) is 2.89. The molecule has 0 spiro atoms. The van der Waals surface area contributed by atoms with E-state index in [-0.39, 0.29) is 24.3 Å². The average Bonchev–Trinajstić information content (AvgIpc) is 3.06. The van der Waals surface area contributed by atoms with Crippen molar-refractivity contribution < 1.29 is 14.3 Å². The third-order valence-corrected chi connectivity index (χ3v) is 4.53. The minimum atomic E-state index is -0.702. The monoisotopic (exact) mass is 354 g/mol. The molecule has 1 aliphatic rings. The summed E-state index contributed by atoms with van der Waals surface area (Å²) in [7, 11) is 1.39. The van der Waals surface area contributed by atoms with Crippen LogP contribution in [-0.2, 0) is 19.7 Å². The van der Waals surface area contributed by atoms with Gasteiger partial charge in [-0.2, -0.15) is 0 Å². The highest BCUT2D eigenvalue weighted by molar-refractivity contribution is 5.91. The molecule has 24 heavy (non-hydrogen) atoms. The third kappa shape index (κ3) is 5.21. The quantitative estimate of drug-likeness (QED) is 0.771. The van der Waals surface area contributed by atoms with E-state index in [1.807, 2.05) is 38.1 Å². The maximum Gasteiger partial charge on any atom is 0.315 e. The number of amides is 1. The highest BCUT2D eigenvalue weighted by atomic mass is 35.5. The molecule has 0 aliphatic carbocycles. The smallest absolute Gasteiger partial charge is 0.315 e. The minimum absolute atomic E-state index is 0. The number of halogens is 1. The van der Waals surface area contributed by atoms with E-state index in [0.29, 0.717) is 12.3 Å². The van der Waals surface area contributed by atoms with Crippen molar-refractivity contribution in [3.63, 3.8) is 0 Å². The van der Waals surface area contributed by atoms with E-state index in [1.54, 1.807) is 0 Å². The Morgan fingerprint density at radius 1 is 1.29 bits per heavy atom. The molecule has 1 unspecified atom stereocenters. The van der Waals surface area contributed by atoms with E-state index in [9.17, 15) is 9.59 Å². The molecule has 2 rings (SSSR count). The van der Waals surface area contributed by atoms with Gasteiger partial charge in [0.2, 0.25) is 5.91 Å². The second-order valence-electron chi connectivity index (χ2n) is 6.64. The van der Waals surface area contributed by atoms with Crippen molar-refractivity contribution in [2.24, 2.45) is 5.92 Å². The van der Waals surface area contributed by atoms with Gasteiger partial charge < -0.3 is 15.4 Å². The number of esters is 1. The molecule has 1 saturated heterocycles. The average molecular weight is 355 g/mol. The Hall–Kier alpha value is -1.59. The molecular formula is C18H27ClN2O3. The predicted molar refractivity (Wildman–Crippen MR) is 97.6 cm³/mol. The molecule has 1 aromatic carbocycles. The second-order valence-corrected chi connectivity index (χ2v) is 6.64. The van der Waals surface area contributed by atoms with Crippen molar-refractivity contribution >= 4 is 30.0 Å². The standard InChI is InChI=1S/C18H26N2O3.ClH/c1-18(2,17(22)23-3)14-5-7-15(8-6-14)20-16(21)9-4-13-10-11-19-12-13;/h5-8,13,19H,4,9-12H2,1-3H3,(H,20,21);1H. The van der Waals surface area contributed by atoms with Gasteiger partial charge in [-0.05, 0) is 63.4 Å². The first-order valence-electron chi connectivity index (χ1n) is 8.13. The molecule has 6 heteroatoms. The van der Waals surface area contributed by atoms with E-state index >= 15 is 0 Å². The van der Waals surface area contributed by atoms with Gasteiger partial charge >= 0.3 is 5.97 Å². The summed E-state index contributed by atoms with van der Waals surface area (Å²) in [6.07, 6.45) is 2.62. The minimum Gasteiger partial charge on any atom is -0.468 e. The van der Waals surface area contributed by atoms with Crippen molar-refractivity contribution in [3.05, 3.63) is 29.8 Å². The lowest BCUT2D eigenvalue weighted by atomic mass is 9.85. The summed E-state index contributed by atoms with van der Waals surface area (Å²) < 4.78 is 4.83. The molecular weight excluding hydrogens is 328 g/mol. The Bertz CT molecular complexity index is 552. The van der Waals surface area contributed by atoms with Gasteiger partial charge in [0, 0.05) is 12.1 Å². The first-order chi connectivity index (χ1) is 10.9. The van der Waals surface area contributed by atoms with Crippen LogP contribution < -0.4 is 10.6 Å². The fourth-order valence-corrected chi connectivity index (χ4v) is 2.86. The second kappa shape index (κ2) is 9.04. The van der Waals surface area contributed by atoms with Crippen molar-refractivity contribution in [1.82, 2.24) is 5.32 Å². The van der Waals surface area contributed by atoms with E-state index in [1.165, 1.54) is 7.11 Å². The number of hydrogen-bond donors (Lipinski definition) is 2. The molecule has 1 aromatic rings. The van der Waals surface area contributed by atoms with Crippen LogP contribution >= 0.6 is 12.4 Å². The number of carbonyl (C=O) groups is 2. The van der Waals surface area contributed by atoms with Gasteiger partial charge in [0.15, 0.2) is 0 Å². The van der Waals surface area contributed by atoms with E-state index in [4.69, 9.17) is 4.74 Å². The van der Waals surface area contributed by atoms with Crippen LogP contribution in [0.2, 0.25) is 0 Å². The lowest BCUT2D eigenvalue weighted by Gasteiger charge is -2.22. The molecule has 0 bridgehead atoms. The van der Waals surface area contributed by atoms with Gasteiger partial charge in [-0.3, -0.25) is 9.59 Å². The highest BCUT2D eigenvalue weighted by Crippen LogP contribution is 2.26. The van der Waals surface area contributed by atoms with Crippen LogP contribution in [0.25, 0.3) is 0 Å². The lowest BCUT2D eigenvalue weighted by Crippen LogP contribution is -2.30. The van der Waals surface area contributed by atoms with Gasteiger partial charge in [-0.25, -0.2) is 0 Å². The zero-order valence-corrected chi connectivity index (χ0v) is 15.4. The van der Waals surface area contributed by atoms with Gasteiger partial charge in [-0.15, -0.1) is 12.4 Å². The van der Waals surface area contributed by atoms with Crippen molar-refractivity contribution in [2.45, 2.75) is 38.5 Å². The van der Waals surface area contributed by atoms with Gasteiger partial charge in [0.25, 0.3) is 0 Å². The Balaban J connectivity index is 0.00000288. The number of rotatable bonds is 6. The fraction of sp³-hybridized carbons (Fsp3) is 0.556. The van der Waals surface area contributed by atoms with Crippen LogP contribution in [-0.4, -0.2) is 32.1 Å². The van der Waals surface area contributed by atoms with Gasteiger partial charge in [-0.1, -0.05) is 12.1 Å². The number of ether oxygens (including phenoxy) is 1. The Kier molecular flexibility index (Phi) is 7.70. The molecule has 1 amide bonds. The maximum atomic E-state index is 12.0. The zero-order valence-electron chi connectivity index (χ0n) is 14.6. The number of carbonyl (C=O) groups excluding carboxylic acids is 2. The maximum absolute atomic E-state index is 12.0. The molecule has 134 valence electrons. The topological polar surface area (TPSA) is 67.4 Å². The van der Waals surface area contributed by atoms with Crippen molar-refractivity contribution in [3.8, 4) is 0 Å². The summed E-state index contributed by atoms with van der Waals surface area (Å²) >= 11 is 0. The number of methoxy groups -OCH3 is 1. The summed E-state index contributed by atoms with van der Waals surface area (Å²) in [5, 5.41) is 6.22. The molecule has 1 fully saturated rings. The zero-order chi connectivity index (χ0) is 16.9. The summed E-state index contributed by atoms with van der Waals surface area (Å²) in [5.41, 5.74) is 0.913. The van der Waals surface area contributed by atoms with Crippen molar-refractivity contribution in [1.29, 1.82) is 0 Å². The molecule has 1 heterocycles. The van der Waals surface area contributed by atoms with E-state index in [0.717, 1.165) is 37.2 Å². The van der Waals surface area contributed by atoms with Crippen LogP contribution in [0, 0.1) is 5.92 Å². The summed E-state index contributed by atoms with van der Waals surface area (Å²) in [5.74, 6) is 0.375. The number of nitrogens with one attached hydrogen (secondary N) is 2. The van der Waals surface area contributed by atoms with Crippen LogP contribution in [0.5, 0.6) is 0 Å². The molecule has 0 radical (unpaired) electrons. The normalized spacial score (nSPS) is 17.0. The van der Waals surface area contributed by atoms with E-state index < -0.39 is 5.41 Å². The molecule has 1 aliphatic heterocycles. The van der Waals surface area contributed by atoms with Crippen LogP contribution in [0.4, 0.5) is 5.69 Å².